The van der Waals surface area contributed by atoms with E-state index < -0.39 is 5.92 Å². The third kappa shape index (κ3) is 2.68. The lowest BCUT2D eigenvalue weighted by molar-refractivity contribution is -0.119. The Morgan fingerprint density at radius 1 is 1.23 bits per heavy atom. The SMILES string of the molecule is CC(C)C1c2onc(OCc3ccccc3)c2C(=O)C2C(=O)C=CCC21. The highest BCUT2D eigenvalue weighted by Gasteiger charge is 2.50. The number of ether oxygens (including phenoxy) is 1. The molecule has 2 aliphatic rings. The zero-order valence-electron chi connectivity index (χ0n) is 14.8. The molecule has 0 spiro atoms. The number of ketones is 2. The number of Topliss-reactive ketones (excluding diaryl/α,β-unsaturated/α-hetero) is 1. The number of benzene rings is 1. The van der Waals surface area contributed by atoms with Gasteiger partial charge in [0.15, 0.2) is 17.3 Å². The van der Waals surface area contributed by atoms with Crippen LogP contribution in [0.2, 0.25) is 0 Å². The number of aromatic nitrogens is 1. The smallest absolute Gasteiger partial charge is 0.265 e. The maximum atomic E-state index is 13.1. The monoisotopic (exact) mass is 351 g/mol. The minimum absolute atomic E-state index is 0.0248. The van der Waals surface area contributed by atoms with E-state index >= 15 is 0 Å². The molecule has 2 aromatic rings. The zero-order chi connectivity index (χ0) is 18.3. The quantitative estimate of drug-likeness (QED) is 0.780. The first-order valence-electron chi connectivity index (χ1n) is 8.98. The Hall–Kier alpha value is -2.69. The average molecular weight is 351 g/mol. The third-order valence-corrected chi connectivity index (χ3v) is 5.34. The van der Waals surface area contributed by atoms with Crippen molar-refractivity contribution in [1.29, 1.82) is 0 Å². The fourth-order valence-corrected chi connectivity index (χ4v) is 4.18. The second kappa shape index (κ2) is 6.56. The van der Waals surface area contributed by atoms with Crippen molar-refractivity contribution in [3.8, 4) is 5.88 Å². The van der Waals surface area contributed by atoms with Gasteiger partial charge in [-0.1, -0.05) is 50.3 Å². The summed E-state index contributed by atoms with van der Waals surface area (Å²) >= 11 is 0. The molecule has 4 rings (SSSR count). The van der Waals surface area contributed by atoms with Gasteiger partial charge in [0, 0.05) is 5.92 Å². The van der Waals surface area contributed by atoms with E-state index in [1.807, 2.05) is 36.4 Å². The lowest BCUT2D eigenvalue weighted by Crippen LogP contribution is -2.41. The van der Waals surface area contributed by atoms with Gasteiger partial charge in [-0.15, -0.1) is 0 Å². The van der Waals surface area contributed by atoms with Crippen molar-refractivity contribution in [3.63, 3.8) is 0 Å². The molecule has 5 nitrogen and oxygen atoms in total. The number of carbonyl (C=O) groups excluding carboxylic acids is 2. The van der Waals surface area contributed by atoms with E-state index in [1.165, 1.54) is 6.08 Å². The van der Waals surface area contributed by atoms with Crippen LogP contribution in [0.1, 0.15) is 47.9 Å². The van der Waals surface area contributed by atoms with Crippen molar-refractivity contribution in [3.05, 3.63) is 59.4 Å². The van der Waals surface area contributed by atoms with Crippen molar-refractivity contribution in [1.82, 2.24) is 5.16 Å². The van der Waals surface area contributed by atoms with Gasteiger partial charge in [0.1, 0.15) is 12.2 Å². The molecule has 0 bridgehead atoms. The van der Waals surface area contributed by atoms with Gasteiger partial charge in [-0.2, -0.15) is 0 Å². The van der Waals surface area contributed by atoms with Crippen molar-refractivity contribution in [2.75, 3.05) is 0 Å². The van der Waals surface area contributed by atoms with E-state index in [9.17, 15) is 9.59 Å². The normalized spacial score (nSPS) is 24.5. The molecule has 3 unspecified atom stereocenters. The molecule has 1 aromatic carbocycles. The van der Waals surface area contributed by atoms with Crippen molar-refractivity contribution < 1.29 is 18.8 Å². The van der Waals surface area contributed by atoms with Crippen LogP contribution in [0.25, 0.3) is 0 Å². The second-order valence-electron chi connectivity index (χ2n) is 7.32. The first kappa shape index (κ1) is 16.8. The van der Waals surface area contributed by atoms with Gasteiger partial charge < -0.3 is 9.26 Å². The van der Waals surface area contributed by atoms with Crippen LogP contribution in [0.15, 0.2) is 47.0 Å². The zero-order valence-corrected chi connectivity index (χ0v) is 14.8. The van der Waals surface area contributed by atoms with E-state index in [1.54, 1.807) is 0 Å². The molecule has 0 aliphatic heterocycles. The summed E-state index contributed by atoms with van der Waals surface area (Å²) in [5.41, 5.74) is 1.33. The second-order valence-corrected chi connectivity index (χ2v) is 7.32. The molecular weight excluding hydrogens is 330 g/mol. The minimum Gasteiger partial charge on any atom is -0.470 e. The van der Waals surface area contributed by atoms with E-state index in [2.05, 4.69) is 19.0 Å². The Bertz CT molecular complexity index is 865. The van der Waals surface area contributed by atoms with Gasteiger partial charge in [0.05, 0.1) is 5.92 Å². The van der Waals surface area contributed by atoms with E-state index in [0.29, 0.717) is 24.4 Å². The summed E-state index contributed by atoms with van der Waals surface area (Å²) in [6.07, 6.45) is 4.09. The van der Waals surface area contributed by atoms with E-state index in [4.69, 9.17) is 9.26 Å². The molecule has 1 heterocycles. The molecule has 5 heteroatoms. The lowest BCUT2D eigenvalue weighted by Gasteiger charge is -2.37. The largest absolute Gasteiger partial charge is 0.470 e. The molecule has 1 aromatic heterocycles. The van der Waals surface area contributed by atoms with Crippen molar-refractivity contribution in [2.24, 2.45) is 17.8 Å². The third-order valence-electron chi connectivity index (χ3n) is 5.34. The number of fused-ring (bicyclic) bond motifs is 2. The topological polar surface area (TPSA) is 69.4 Å². The van der Waals surface area contributed by atoms with Crippen LogP contribution in [0.4, 0.5) is 0 Å². The molecule has 0 saturated heterocycles. The molecule has 2 aliphatic carbocycles. The standard InChI is InChI=1S/C21H21NO4/c1-12(2)16-14-9-6-10-15(23)17(14)19(24)18-20(16)26-22-21(18)25-11-13-7-4-3-5-8-13/h3-8,10,12,14,16-17H,9,11H2,1-2H3. The van der Waals surface area contributed by atoms with E-state index in [-0.39, 0.29) is 35.2 Å². The van der Waals surface area contributed by atoms with Crippen molar-refractivity contribution in [2.45, 2.75) is 32.8 Å². The number of hydrogen-bond donors (Lipinski definition) is 0. The van der Waals surface area contributed by atoms with Crippen LogP contribution < -0.4 is 4.74 Å². The first-order chi connectivity index (χ1) is 12.6. The summed E-state index contributed by atoms with van der Waals surface area (Å²) in [4.78, 5) is 25.5. The highest BCUT2D eigenvalue weighted by atomic mass is 16.5. The molecule has 26 heavy (non-hydrogen) atoms. The average Bonchev–Trinajstić information content (AvgIpc) is 3.04. The Morgan fingerprint density at radius 2 is 2.00 bits per heavy atom. The molecule has 0 amide bonds. The highest BCUT2D eigenvalue weighted by Crippen LogP contribution is 2.49. The van der Waals surface area contributed by atoms with Gasteiger partial charge in [0.2, 0.25) is 0 Å². The molecule has 0 saturated carbocycles. The number of rotatable bonds is 4. The van der Waals surface area contributed by atoms with Crippen LogP contribution >= 0.6 is 0 Å². The summed E-state index contributed by atoms with van der Waals surface area (Å²) in [6, 6.07) is 9.66. The molecular formula is C21H21NO4. The van der Waals surface area contributed by atoms with Gasteiger partial charge in [0.25, 0.3) is 5.88 Å². The summed E-state index contributed by atoms with van der Waals surface area (Å²) < 4.78 is 11.4. The van der Waals surface area contributed by atoms with Gasteiger partial charge in [-0.25, -0.2) is 0 Å². The Kier molecular flexibility index (Phi) is 4.23. The number of hydrogen-bond acceptors (Lipinski definition) is 5. The fourth-order valence-electron chi connectivity index (χ4n) is 4.18. The molecule has 134 valence electrons. The molecule has 0 N–H and O–H groups in total. The fraction of sp³-hybridized carbons (Fsp3) is 0.381. The van der Waals surface area contributed by atoms with Gasteiger partial charge in [-0.05, 0) is 35.1 Å². The molecule has 0 radical (unpaired) electrons. The predicted octanol–water partition coefficient (Wildman–Crippen LogP) is 3.95. The van der Waals surface area contributed by atoms with Crippen LogP contribution in [-0.2, 0) is 11.4 Å². The van der Waals surface area contributed by atoms with E-state index in [0.717, 1.165) is 5.56 Å². The lowest BCUT2D eigenvalue weighted by atomic mass is 9.63. The Labute approximate surface area is 152 Å². The number of allylic oxidation sites excluding steroid dienone is 2. The maximum absolute atomic E-state index is 13.1. The first-order valence-corrected chi connectivity index (χ1v) is 8.98. The number of carbonyl (C=O) groups is 2. The van der Waals surface area contributed by atoms with Gasteiger partial charge >= 0.3 is 0 Å². The number of nitrogens with zero attached hydrogens (tertiary/aromatic N) is 1. The van der Waals surface area contributed by atoms with Gasteiger partial charge in [-0.3, -0.25) is 9.59 Å². The Balaban J connectivity index is 1.70. The highest BCUT2D eigenvalue weighted by molar-refractivity contribution is 6.16. The van der Waals surface area contributed by atoms with Crippen LogP contribution in [0, 0.1) is 17.8 Å². The molecule has 3 atom stereocenters. The summed E-state index contributed by atoms with van der Waals surface area (Å²) in [5, 5.41) is 4.03. The predicted molar refractivity (Wildman–Crippen MR) is 94.9 cm³/mol. The summed E-state index contributed by atoms with van der Waals surface area (Å²) in [7, 11) is 0. The van der Waals surface area contributed by atoms with Crippen LogP contribution in [0.3, 0.4) is 0 Å². The minimum atomic E-state index is -0.654. The van der Waals surface area contributed by atoms with Crippen LogP contribution in [-0.4, -0.2) is 16.7 Å². The van der Waals surface area contributed by atoms with Crippen molar-refractivity contribution >= 4 is 11.6 Å². The summed E-state index contributed by atoms with van der Waals surface area (Å²) in [5.74, 6) is -0.108. The summed E-state index contributed by atoms with van der Waals surface area (Å²) in [6.45, 7) is 4.45. The maximum Gasteiger partial charge on any atom is 0.265 e. The Morgan fingerprint density at radius 3 is 2.73 bits per heavy atom. The molecule has 0 fully saturated rings. The van der Waals surface area contributed by atoms with Crippen LogP contribution in [0.5, 0.6) is 5.88 Å².